The zero-order valence-electron chi connectivity index (χ0n) is 15.5. The molecule has 1 N–H and O–H groups in total. The van der Waals surface area contributed by atoms with E-state index in [1.54, 1.807) is 24.2 Å². The van der Waals surface area contributed by atoms with Gasteiger partial charge >= 0.3 is 0 Å². The summed E-state index contributed by atoms with van der Waals surface area (Å²) in [6.45, 7) is 1.04. The third-order valence-electron chi connectivity index (χ3n) is 4.76. The second kappa shape index (κ2) is 7.63. The first kappa shape index (κ1) is 17.8. The summed E-state index contributed by atoms with van der Waals surface area (Å²) in [5, 5.41) is 3.17. The molecule has 7 nitrogen and oxygen atoms in total. The summed E-state index contributed by atoms with van der Waals surface area (Å²) in [7, 11) is 0. The minimum absolute atomic E-state index is 0.0534. The third-order valence-corrected chi connectivity index (χ3v) is 5.73. The van der Waals surface area contributed by atoms with Crippen LogP contribution in [0.5, 0.6) is 11.5 Å². The number of hydrogen-bond donors (Lipinski definition) is 1. The molecule has 5 rings (SSSR count). The molecule has 3 aromatic rings. The molecule has 1 amide bonds. The van der Waals surface area contributed by atoms with Crippen LogP contribution in [0.15, 0.2) is 54.9 Å². The molecule has 1 fully saturated rings. The highest BCUT2D eigenvalue weighted by molar-refractivity contribution is 7.99. The van der Waals surface area contributed by atoms with E-state index < -0.39 is 0 Å². The Labute approximate surface area is 172 Å². The van der Waals surface area contributed by atoms with E-state index in [-0.39, 0.29) is 12.7 Å². The molecule has 0 unspecified atom stereocenters. The summed E-state index contributed by atoms with van der Waals surface area (Å²) in [5.41, 5.74) is 3.27. The highest BCUT2D eigenvalue weighted by Crippen LogP contribution is 2.35. The zero-order valence-corrected chi connectivity index (χ0v) is 16.3. The molecule has 0 radical (unpaired) electrons. The van der Waals surface area contributed by atoms with Gasteiger partial charge in [-0.25, -0.2) is 9.97 Å². The highest BCUT2D eigenvalue weighted by Gasteiger charge is 2.20. The number of nitrogens with one attached hydrogen (secondary N) is 1. The molecule has 0 atom stereocenters. The number of anilines is 2. The maximum atomic E-state index is 12.6. The maximum absolute atomic E-state index is 12.6. The summed E-state index contributed by atoms with van der Waals surface area (Å²) in [5.74, 6) is 3.74. The Balaban J connectivity index is 1.31. The third kappa shape index (κ3) is 3.71. The van der Waals surface area contributed by atoms with Crippen LogP contribution in [0.2, 0.25) is 0 Å². The van der Waals surface area contributed by atoms with Crippen LogP contribution in [-0.4, -0.2) is 45.7 Å². The number of carbonyl (C=O) groups is 1. The quantitative estimate of drug-likeness (QED) is 0.707. The first-order valence-electron chi connectivity index (χ1n) is 9.22. The monoisotopic (exact) mass is 406 g/mol. The smallest absolute Gasteiger partial charge is 0.254 e. The van der Waals surface area contributed by atoms with Crippen molar-refractivity contribution in [3.63, 3.8) is 0 Å². The SMILES string of the molecule is O=C(c1cccc(Nc2ncc(-c3ccc4c(c3)OCO4)cn2)c1)N1CCSC1. The van der Waals surface area contributed by atoms with Gasteiger partial charge in [-0.2, -0.15) is 0 Å². The molecular formula is C21H18N4O3S. The fourth-order valence-corrected chi connectivity index (χ4v) is 4.18. The van der Waals surface area contributed by atoms with E-state index in [2.05, 4.69) is 15.3 Å². The van der Waals surface area contributed by atoms with Crippen molar-refractivity contribution in [1.82, 2.24) is 14.9 Å². The Kier molecular flexibility index (Phi) is 4.69. The number of carbonyl (C=O) groups excluding carboxylic acids is 1. The molecular weight excluding hydrogens is 388 g/mol. The van der Waals surface area contributed by atoms with Crippen molar-refractivity contribution < 1.29 is 14.3 Å². The molecule has 0 saturated carbocycles. The number of thioether (sulfide) groups is 1. The van der Waals surface area contributed by atoms with Gasteiger partial charge in [0.25, 0.3) is 5.91 Å². The Bertz CT molecular complexity index is 1050. The maximum Gasteiger partial charge on any atom is 0.254 e. The lowest BCUT2D eigenvalue weighted by molar-refractivity contribution is 0.0803. The number of nitrogens with zero attached hydrogens (tertiary/aromatic N) is 3. The second-order valence-electron chi connectivity index (χ2n) is 6.68. The van der Waals surface area contributed by atoms with Gasteiger partial charge in [-0.15, -0.1) is 11.8 Å². The lowest BCUT2D eigenvalue weighted by Crippen LogP contribution is -2.27. The van der Waals surface area contributed by atoms with E-state index in [0.717, 1.165) is 46.5 Å². The van der Waals surface area contributed by atoms with Gasteiger partial charge in [-0.05, 0) is 35.9 Å². The molecule has 29 heavy (non-hydrogen) atoms. The van der Waals surface area contributed by atoms with Crippen LogP contribution in [0.3, 0.4) is 0 Å². The second-order valence-corrected chi connectivity index (χ2v) is 7.75. The predicted octanol–water partition coefficient (Wildman–Crippen LogP) is 3.76. The van der Waals surface area contributed by atoms with E-state index in [1.807, 2.05) is 47.4 Å². The van der Waals surface area contributed by atoms with Gasteiger partial charge in [-0.3, -0.25) is 4.79 Å². The van der Waals surface area contributed by atoms with Gasteiger partial charge in [0.15, 0.2) is 11.5 Å². The molecule has 0 spiro atoms. The van der Waals surface area contributed by atoms with Gasteiger partial charge < -0.3 is 19.7 Å². The van der Waals surface area contributed by atoms with Crippen LogP contribution >= 0.6 is 11.8 Å². The Hall–Kier alpha value is -3.26. The van der Waals surface area contributed by atoms with Crippen molar-refractivity contribution in [1.29, 1.82) is 0 Å². The minimum atomic E-state index is 0.0534. The molecule has 146 valence electrons. The van der Waals surface area contributed by atoms with Crippen LogP contribution in [-0.2, 0) is 0 Å². The van der Waals surface area contributed by atoms with Crippen molar-refractivity contribution >= 4 is 29.3 Å². The summed E-state index contributed by atoms with van der Waals surface area (Å²) < 4.78 is 10.8. The molecule has 1 aromatic heterocycles. The molecule has 2 aromatic carbocycles. The summed E-state index contributed by atoms with van der Waals surface area (Å²) in [6.07, 6.45) is 3.51. The van der Waals surface area contributed by atoms with Crippen LogP contribution in [0.4, 0.5) is 11.6 Å². The molecule has 0 aliphatic carbocycles. The Morgan fingerprint density at radius 2 is 1.90 bits per heavy atom. The Morgan fingerprint density at radius 1 is 1.03 bits per heavy atom. The molecule has 3 heterocycles. The van der Waals surface area contributed by atoms with Crippen LogP contribution in [0, 0.1) is 0 Å². The van der Waals surface area contributed by atoms with E-state index in [1.165, 1.54) is 0 Å². The number of amides is 1. The predicted molar refractivity (Wildman–Crippen MR) is 112 cm³/mol. The normalized spacial score (nSPS) is 14.8. The fraction of sp³-hybridized carbons (Fsp3) is 0.190. The topological polar surface area (TPSA) is 76.6 Å². The van der Waals surface area contributed by atoms with Gasteiger partial charge in [0, 0.05) is 41.5 Å². The summed E-state index contributed by atoms with van der Waals surface area (Å²) >= 11 is 1.77. The van der Waals surface area contributed by atoms with Crippen molar-refractivity contribution in [3.8, 4) is 22.6 Å². The number of aromatic nitrogens is 2. The average Bonchev–Trinajstić information content (AvgIpc) is 3.45. The van der Waals surface area contributed by atoms with Crippen LogP contribution in [0.1, 0.15) is 10.4 Å². The van der Waals surface area contributed by atoms with E-state index in [0.29, 0.717) is 11.5 Å². The first-order valence-corrected chi connectivity index (χ1v) is 10.4. The standard InChI is InChI=1S/C21H18N4O3S/c26-20(25-6-7-29-12-25)15-2-1-3-17(8-15)24-21-22-10-16(11-23-21)14-4-5-18-19(9-14)28-13-27-18/h1-5,8-11H,6-7,12-13H2,(H,22,23,24). The van der Waals surface area contributed by atoms with E-state index in [9.17, 15) is 4.79 Å². The molecule has 2 aliphatic rings. The van der Waals surface area contributed by atoms with E-state index >= 15 is 0 Å². The first-order chi connectivity index (χ1) is 14.3. The largest absolute Gasteiger partial charge is 0.454 e. The lowest BCUT2D eigenvalue weighted by atomic mass is 10.1. The fourth-order valence-electron chi connectivity index (χ4n) is 3.23. The van der Waals surface area contributed by atoms with Crippen molar-refractivity contribution in [2.75, 3.05) is 30.3 Å². The van der Waals surface area contributed by atoms with Crippen molar-refractivity contribution in [2.45, 2.75) is 0 Å². The lowest BCUT2D eigenvalue weighted by Gasteiger charge is -2.15. The number of rotatable bonds is 4. The van der Waals surface area contributed by atoms with Gasteiger partial charge in [0.05, 0.1) is 5.88 Å². The van der Waals surface area contributed by atoms with Gasteiger partial charge in [0.1, 0.15) is 0 Å². The molecule has 0 bridgehead atoms. The number of hydrogen-bond acceptors (Lipinski definition) is 7. The van der Waals surface area contributed by atoms with Gasteiger partial charge in [0.2, 0.25) is 12.7 Å². The van der Waals surface area contributed by atoms with Crippen molar-refractivity contribution in [3.05, 3.63) is 60.4 Å². The molecule has 1 saturated heterocycles. The minimum Gasteiger partial charge on any atom is -0.454 e. The molecule has 8 heteroatoms. The summed E-state index contributed by atoms with van der Waals surface area (Å²) in [6, 6.07) is 13.2. The number of fused-ring (bicyclic) bond motifs is 1. The highest BCUT2D eigenvalue weighted by atomic mass is 32.2. The van der Waals surface area contributed by atoms with Crippen molar-refractivity contribution in [2.24, 2.45) is 0 Å². The summed E-state index contributed by atoms with van der Waals surface area (Å²) in [4.78, 5) is 23.2. The van der Waals surface area contributed by atoms with E-state index in [4.69, 9.17) is 9.47 Å². The zero-order chi connectivity index (χ0) is 19.6. The molecule has 2 aliphatic heterocycles. The average molecular weight is 406 g/mol. The number of ether oxygens (including phenoxy) is 2. The van der Waals surface area contributed by atoms with Crippen LogP contribution < -0.4 is 14.8 Å². The number of benzene rings is 2. The Morgan fingerprint density at radius 3 is 2.72 bits per heavy atom. The van der Waals surface area contributed by atoms with Gasteiger partial charge in [-0.1, -0.05) is 12.1 Å². The van der Waals surface area contributed by atoms with Crippen LogP contribution in [0.25, 0.3) is 11.1 Å².